The van der Waals surface area contributed by atoms with Gasteiger partial charge in [-0.2, -0.15) is 5.10 Å². The Morgan fingerprint density at radius 1 is 1.33 bits per heavy atom. The summed E-state index contributed by atoms with van der Waals surface area (Å²) >= 11 is 0. The van der Waals surface area contributed by atoms with Gasteiger partial charge in [0.25, 0.3) is 0 Å². The number of aryl methyl sites for hydroxylation is 2. The van der Waals surface area contributed by atoms with Crippen molar-refractivity contribution in [2.75, 3.05) is 13.7 Å². The Labute approximate surface area is 142 Å². The van der Waals surface area contributed by atoms with Gasteiger partial charge in [0, 0.05) is 37.6 Å². The lowest BCUT2D eigenvalue weighted by molar-refractivity contribution is 0.238. The molecule has 130 valence electrons. The molecular formula is C17H25N5O2. The molecule has 2 rings (SSSR count). The maximum Gasteiger partial charge on any atom is 0.315 e. The zero-order valence-corrected chi connectivity index (χ0v) is 14.7. The van der Waals surface area contributed by atoms with Gasteiger partial charge in [0.2, 0.25) is 5.88 Å². The SMILES string of the molecule is COc1cc(CNC(=O)NCC(C)Cn2nc(C)cc2C)ccn1. The highest BCUT2D eigenvalue weighted by Gasteiger charge is 2.09. The van der Waals surface area contributed by atoms with Gasteiger partial charge < -0.3 is 15.4 Å². The third-order valence-electron chi connectivity index (χ3n) is 3.66. The molecule has 2 aromatic rings. The van der Waals surface area contributed by atoms with Crippen LogP contribution in [0.2, 0.25) is 0 Å². The van der Waals surface area contributed by atoms with E-state index in [1.165, 1.54) is 0 Å². The summed E-state index contributed by atoms with van der Waals surface area (Å²) in [6, 6.07) is 5.50. The minimum atomic E-state index is -0.189. The lowest BCUT2D eigenvalue weighted by Crippen LogP contribution is -2.38. The average molecular weight is 331 g/mol. The number of rotatable bonds is 7. The number of hydrogen-bond acceptors (Lipinski definition) is 4. The van der Waals surface area contributed by atoms with Crippen LogP contribution in [0.4, 0.5) is 4.79 Å². The average Bonchev–Trinajstić information content (AvgIpc) is 2.88. The van der Waals surface area contributed by atoms with E-state index in [1.54, 1.807) is 19.4 Å². The first-order chi connectivity index (χ1) is 11.5. The van der Waals surface area contributed by atoms with Crippen LogP contribution in [0.25, 0.3) is 0 Å². The number of amides is 2. The van der Waals surface area contributed by atoms with Crippen molar-refractivity contribution in [3.8, 4) is 5.88 Å². The van der Waals surface area contributed by atoms with E-state index < -0.39 is 0 Å². The van der Waals surface area contributed by atoms with E-state index in [4.69, 9.17) is 4.74 Å². The Balaban J connectivity index is 1.73. The van der Waals surface area contributed by atoms with Gasteiger partial charge in [-0.1, -0.05) is 6.92 Å². The van der Waals surface area contributed by atoms with Crippen molar-refractivity contribution in [2.45, 2.75) is 33.9 Å². The molecule has 0 fully saturated rings. The Morgan fingerprint density at radius 2 is 2.12 bits per heavy atom. The molecule has 2 amide bonds. The first kappa shape index (κ1) is 17.8. The number of aromatic nitrogens is 3. The number of pyridine rings is 1. The minimum absolute atomic E-state index is 0.189. The number of methoxy groups -OCH3 is 1. The number of nitrogens with one attached hydrogen (secondary N) is 2. The molecule has 0 aliphatic rings. The van der Waals surface area contributed by atoms with Crippen LogP contribution in [0.3, 0.4) is 0 Å². The van der Waals surface area contributed by atoms with Gasteiger partial charge in [-0.15, -0.1) is 0 Å². The molecule has 0 bridgehead atoms. The van der Waals surface area contributed by atoms with Crippen molar-refractivity contribution < 1.29 is 9.53 Å². The van der Waals surface area contributed by atoms with Gasteiger partial charge in [0.1, 0.15) is 0 Å². The highest BCUT2D eigenvalue weighted by molar-refractivity contribution is 5.73. The van der Waals surface area contributed by atoms with E-state index in [1.807, 2.05) is 24.6 Å². The van der Waals surface area contributed by atoms with Crippen molar-refractivity contribution >= 4 is 6.03 Å². The molecule has 2 aromatic heterocycles. The second kappa shape index (κ2) is 8.33. The number of carbonyl (C=O) groups excluding carboxylic acids is 1. The summed E-state index contributed by atoms with van der Waals surface area (Å²) in [5.74, 6) is 0.822. The third-order valence-corrected chi connectivity index (χ3v) is 3.66. The van der Waals surface area contributed by atoms with Crippen LogP contribution in [0.15, 0.2) is 24.4 Å². The van der Waals surface area contributed by atoms with Gasteiger partial charge in [-0.3, -0.25) is 4.68 Å². The van der Waals surface area contributed by atoms with Crippen LogP contribution >= 0.6 is 0 Å². The normalized spacial score (nSPS) is 11.8. The Bertz CT molecular complexity index is 683. The molecule has 0 aliphatic heterocycles. The van der Waals surface area contributed by atoms with Crippen LogP contribution in [0.1, 0.15) is 23.9 Å². The standard InChI is InChI=1S/C17H25N5O2/c1-12(11-22-14(3)7-13(2)21-22)9-19-17(23)20-10-15-5-6-18-16(8-15)24-4/h5-8,12H,9-11H2,1-4H3,(H2,19,20,23). The molecule has 0 aromatic carbocycles. The van der Waals surface area contributed by atoms with E-state index >= 15 is 0 Å². The first-order valence-electron chi connectivity index (χ1n) is 7.99. The van der Waals surface area contributed by atoms with Gasteiger partial charge in [0.05, 0.1) is 12.8 Å². The molecule has 1 unspecified atom stereocenters. The summed E-state index contributed by atoms with van der Waals surface area (Å²) in [5, 5.41) is 10.2. The first-order valence-corrected chi connectivity index (χ1v) is 7.99. The Hall–Kier alpha value is -2.57. The molecule has 0 spiro atoms. The highest BCUT2D eigenvalue weighted by Crippen LogP contribution is 2.08. The number of carbonyl (C=O) groups is 1. The number of ether oxygens (including phenoxy) is 1. The number of nitrogens with zero attached hydrogens (tertiary/aromatic N) is 3. The van der Waals surface area contributed by atoms with E-state index in [2.05, 4.69) is 33.7 Å². The molecule has 24 heavy (non-hydrogen) atoms. The summed E-state index contributed by atoms with van der Waals surface area (Å²) in [6.07, 6.45) is 1.66. The summed E-state index contributed by atoms with van der Waals surface area (Å²) < 4.78 is 7.04. The van der Waals surface area contributed by atoms with Crippen molar-refractivity contribution in [3.05, 3.63) is 41.3 Å². The van der Waals surface area contributed by atoms with Gasteiger partial charge in [-0.25, -0.2) is 9.78 Å². The minimum Gasteiger partial charge on any atom is -0.481 e. The molecule has 0 saturated heterocycles. The van der Waals surface area contributed by atoms with Crippen LogP contribution in [-0.4, -0.2) is 34.5 Å². The van der Waals surface area contributed by atoms with Crippen molar-refractivity contribution in [1.82, 2.24) is 25.4 Å². The van der Waals surface area contributed by atoms with Crippen molar-refractivity contribution in [2.24, 2.45) is 5.92 Å². The molecular weight excluding hydrogens is 306 g/mol. The molecule has 2 heterocycles. The zero-order chi connectivity index (χ0) is 17.5. The quantitative estimate of drug-likeness (QED) is 0.813. The van der Waals surface area contributed by atoms with Gasteiger partial charge >= 0.3 is 6.03 Å². The fourth-order valence-electron chi connectivity index (χ4n) is 2.40. The van der Waals surface area contributed by atoms with Crippen molar-refractivity contribution in [1.29, 1.82) is 0 Å². The smallest absolute Gasteiger partial charge is 0.315 e. The van der Waals surface area contributed by atoms with Crippen LogP contribution in [0, 0.1) is 19.8 Å². The lowest BCUT2D eigenvalue weighted by Gasteiger charge is -2.14. The molecule has 7 nitrogen and oxygen atoms in total. The van der Waals surface area contributed by atoms with Crippen LogP contribution in [0.5, 0.6) is 5.88 Å². The van der Waals surface area contributed by atoms with E-state index in [-0.39, 0.29) is 11.9 Å². The van der Waals surface area contributed by atoms with E-state index in [0.717, 1.165) is 23.5 Å². The van der Waals surface area contributed by atoms with Crippen molar-refractivity contribution in [3.63, 3.8) is 0 Å². The van der Waals surface area contributed by atoms with Crippen LogP contribution < -0.4 is 15.4 Å². The Morgan fingerprint density at radius 3 is 2.79 bits per heavy atom. The second-order valence-corrected chi connectivity index (χ2v) is 5.98. The molecule has 0 radical (unpaired) electrons. The second-order valence-electron chi connectivity index (χ2n) is 5.98. The fourth-order valence-corrected chi connectivity index (χ4v) is 2.40. The third kappa shape index (κ3) is 5.26. The summed E-state index contributed by atoms with van der Waals surface area (Å²) in [7, 11) is 1.57. The van der Waals surface area contributed by atoms with Gasteiger partial charge in [-0.05, 0) is 37.5 Å². The predicted molar refractivity (Wildman–Crippen MR) is 91.9 cm³/mol. The summed E-state index contributed by atoms with van der Waals surface area (Å²) in [4.78, 5) is 15.9. The van der Waals surface area contributed by atoms with E-state index in [9.17, 15) is 4.79 Å². The van der Waals surface area contributed by atoms with Crippen LogP contribution in [-0.2, 0) is 13.1 Å². The largest absolute Gasteiger partial charge is 0.481 e. The summed E-state index contributed by atoms with van der Waals surface area (Å²) in [5.41, 5.74) is 3.08. The molecule has 0 saturated carbocycles. The predicted octanol–water partition coefficient (Wildman–Crippen LogP) is 2.04. The molecule has 0 aliphatic carbocycles. The maximum atomic E-state index is 11.9. The topological polar surface area (TPSA) is 81.1 Å². The fraction of sp³-hybridized carbons (Fsp3) is 0.471. The summed E-state index contributed by atoms with van der Waals surface area (Å²) in [6.45, 7) is 7.90. The maximum absolute atomic E-state index is 11.9. The molecule has 2 N–H and O–H groups in total. The number of urea groups is 1. The lowest BCUT2D eigenvalue weighted by atomic mass is 10.2. The Kier molecular flexibility index (Phi) is 6.17. The zero-order valence-electron chi connectivity index (χ0n) is 14.7. The monoisotopic (exact) mass is 331 g/mol. The molecule has 7 heteroatoms. The van der Waals surface area contributed by atoms with Gasteiger partial charge in [0.15, 0.2) is 0 Å². The highest BCUT2D eigenvalue weighted by atomic mass is 16.5. The molecule has 1 atom stereocenters. The number of hydrogen-bond donors (Lipinski definition) is 2. The van der Waals surface area contributed by atoms with E-state index in [0.29, 0.717) is 19.0 Å².